The Balaban J connectivity index is 1.51. The van der Waals surface area contributed by atoms with E-state index in [1.807, 2.05) is 24.3 Å². The molecule has 0 spiro atoms. The minimum Gasteiger partial charge on any atom is -0.338 e. The number of carbonyl (C=O) groups is 2. The fraction of sp³-hybridized carbons (Fsp3) is 0. The summed E-state index contributed by atoms with van der Waals surface area (Å²) in [4.78, 5) is 34.8. The van der Waals surface area contributed by atoms with E-state index in [0.29, 0.717) is 27.6 Å². The number of halogens is 5. The van der Waals surface area contributed by atoms with Crippen molar-refractivity contribution < 1.29 is 9.59 Å². The van der Waals surface area contributed by atoms with Crippen LogP contribution >= 0.6 is 58.0 Å². The number of H-pyrrole nitrogens is 1. The fourth-order valence-electron chi connectivity index (χ4n) is 3.57. The SMILES string of the molecule is O=C1c2c(Cl)c(Cl)c(Cl)c(Cl)c2C(=O)N1c1ccc2nc(C=Cc3ccc(Cl)cc3)[nH]c2c1. The normalized spacial score (nSPS) is 13.5. The molecule has 0 fully saturated rings. The Hall–Kier alpha value is -2.54. The molecule has 0 saturated carbocycles. The summed E-state index contributed by atoms with van der Waals surface area (Å²) in [6.45, 7) is 0. The summed E-state index contributed by atoms with van der Waals surface area (Å²) in [6.07, 6.45) is 3.70. The Labute approximate surface area is 212 Å². The lowest BCUT2D eigenvalue weighted by Crippen LogP contribution is -2.29. The van der Waals surface area contributed by atoms with Crippen molar-refractivity contribution in [3.8, 4) is 0 Å². The maximum atomic E-state index is 13.1. The Morgan fingerprint density at radius 1 is 0.758 bits per heavy atom. The van der Waals surface area contributed by atoms with Crippen molar-refractivity contribution in [2.75, 3.05) is 4.90 Å². The Morgan fingerprint density at radius 3 is 1.97 bits per heavy atom. The molecule has 1 N–H and O–H groups in total. The molecule has 5 rings (SSSR count). The van der Waals surface area contributed by atoms with Gasteiger partial charge in [0.2, 0.25) is 0 Å². The van der Waals surface area contributed by atoms with Crippen LogP contribution in [0.1, 0.15) is 32.1 Å². The van der Waals surface area contributed by atoms with Gasteiger partial charge in [-0.2, -0.15) is 0 Å². The zero-order valence-electron chi connectivity index (χ0n) is 16.3. The van der Waals surface area contributed by atoms with E-state index in [1.54, 1.807) is 30.3 Å². The molecule has 0 aliphatic carbocycles. The lowest BCUT2D eigenvalue weighted by Gasteiger charge is -2.13. The number of aromatic amines is 1. The summed E-state index contributed by atoms with van der Waals surface area (Å²) in [5.41, 5.74) is 2.43. The smallest absolute Gasteiger partial charge is 0.267 e. The van der Waals surface area contributed by atoms with E-state index < -0.39 is 11.8 Å². The lowest BCUT2D eigenvalue weighted by atomic mass is 10.1. The Morgan fingerprint density at radius 2 is 1.36 bits per heavy atom. The van der Waals surface area contributed by atoms with E-state index in [1.165, 1.54) is 0 Å². The monoisotopic (exact) mass is 535 g/mol. The van der Waals surface area contributed by atoms with Crippen LogP contribution in [0, 0.1) is 0 Å². The number of fused-ring (bicyclic) bond motifs is 2. The second kappa shape index (κ2) is 8.35. The van der Waals surface area contributed by atoms with Crippen molar-refractivity contribution in [1.29, 1.82) is 0 Å². The second-order valence-electron chi connectivity index (χ2n) is 7.16. The molecule has 0 saturated heterocycles. The molecule has 33 heavy (non-hydrogen) atoms. The van der Waals surface area contributed by atoms with Crippen molar-refractivity contribution in [3.05, 3.63) is 90.1 Å². The summed E-state index contributed by atoms with van der Waals surface area (Å²) in [5, 5.41) is 0.277. The van der Waals surface area contributed by atoms with Crippen LogP contribution < -0.4 is 4.90 Å². The number of nitrogens with zero attached hydrogens (tertiary/aromatic N) is 2. The predicted octanol–water partition coefficient (Wildman–Crippen LogP) is 7.80. The summed E-state index contributed by atoms with van der Waals surface area (Å²) in [6, 6.07) is 12.3. The molecule has 4 aromatic rings. The summed E-state index contributed by atoms with van der Waals surface area (Å²) >= 11 is 30.5. The predicted molar refractivity (Wildman–Crippen MR) is 134 cm³/mol. The first-order valence-electron chi connectivity index (χ1n) is 9.44. The van der Waals surface area contributed by atoms with Gasteiger partial charge in [-0.15, -0.1) is 0 Å². The van der Waals surface area contributed by atoms with Crippen molar-refractivity contribution in [3.63, 3.8) is 0 Å². The number of hydrogen-bond donors (Lipinski definition) is 1. The zero-order chi connectivity index (χ0) is 23.4. The van der Waals surface area contributed by atoms with E-state index in [9.17, 15) is 9.59 Å². The largest absolute Gasteiger partial charge is 0.338 e. The van der Waals surface area contributed by atoms with Crippen LogP contribution in [0.5, 0.6) is 0 Å². The van der Waals surface area contributed by atoms with Crippen LogP contribution in [0.3, 0.4) is 0 Å². The van der Waals surface area contributed by atoms with Gasteiger partial charge in [-0.25, -0.2) is 9.88 Å². The molecule has 0 unspecified atom stereocenters. The molecule has 1 aliphatic heterocycles. The molecule has 0 radical (unpaired) electrons. The summed E-state index contributed by atoms with van der Waals surface area (Å²) in [5.74, 6) is -0.673. The van der Waals surface area contributed by atoms with Gasteiger partial charge >= 0.3 is 0 Å². The molecule has 5 nitrogen and oxygen atoms in total. The summed E-state index contributed by atoms with van der Waals surface area (Å²) in [7, 11) is 0. The van der Waals surface area contributed by atoms with Gasteiger partial charge < -0.3 is 4.98 Å². The summed E-state index contributed by atoms with van der Waals surface area (Å²) < 4.78 is 0. The maximum absolute atomic E-state index is 13.1. The number of imidazole rings is 1. The third-order valence-electron chi connectivity index (χ3n) is 5.15. The van der Waals surface area contributed by atoms with Crippen LogP contribution in [-0.2, 0) is 0 Å². The molecule has 2 heterocycles. The van der Waals surface area contributed by atoms with E-state index in [4.69, 9.17) is 58.0 Å². The number of benzene rings is 3. The first-order valence-corrected chi connectivity index (χ1v) is 11.3. The quantitative estimate of drug-likeness (QED) is 0.165. The van der Waals surface area contributed by atoms with Gasteiger partial charge in [0.05, 0.1) is 47.9 Å². The van der Waals surface area contributed by atoms with Gasteiger partial charge in [-0.3, -0.25) is 9.59 Å². The molecule has 1 aromatic heterocycles. The van der Waals surface area contributed by atoms with Crippen LogP contribution in [0.4, 0.5) is 5.69 Å². The molecule has 1 aliphatic rings. The van der Waals surface area contributed by atoms with Crippen molar-refractivity contribution in [2.45, 2.75) is 0 Å². The zero-order valence-corrected chi connectivity index (χ0v) is 20.1. The highest BCUT2D eigenvalue weighted by molar-refractivity contribution is 6.56. The minimum absolute atomic E-state index is 0.0719. The van der Waals surface area contributed by atoms with Crippen molar-refractivity contribution in [1.82, 2.24) is 9.97 Å². The number of amides is 2. The fourth-order valence-corrected chi connectivity index (χ4v) is 4.71. The van der Waals surface area contributed by atoms with Gasteiger partial charge in [-0.05, 0) is 42.0 Å². The maximum Gasteiger partial charge on any atom is 0.267 e. The number of rotatable bonds is 3. The highest BCUT2D eigenvalue weighted by Crippen LogP contribution is 2.45. The number of carbonyl (C=O) groups excluding carboxylic acids is 2. The minimum atomic E-state index is -0.637. The van der Waals surface area contributed by atoms with Crippen LogP contribution in [0.25, 0.3) is 23.2 Å². The van der Waals surface area contributed by atoms with E-state index in [-0.39, 0.29) is 31.2 Å². The van der Waals surface area contributed by atoms with Crippen LogP contribution in [0.2, 0.25) is 25.1 Å². The van der Waals surface area contributed by atoms with Crippen molar-refractivity contribution >= 4 is 98.7 Å². The second-order valence-corrected chi connectivity index (χ2v) is 9.11. The average molecular weight is 538 g/mol. The van der Waals surface area contributed by atoms with Crippen molar-refractivity contribution in [2.24, 2.45) is 0 Å². The number of nitrogens with one attached hydrogen (secondary N) is 1. The molecule has 3 aromatic carbocycles. The number of aromatic nitrogens is 2. The first-order chi connectivity index (χ1) is 15.8. The van der Waals surface area contributed by atoms with Gasteiger partial charge in [0.25, 0.3) is 11.8 Å². The first kappa shape index (κ1) is 22.3. The van der Waals surface area contributed by atoms with Crippen LogP contribution in [0.15, 0.2) is 42.5 Å². The Kier molecular flexibility index (Phi) is 5.63. The van der Waals surface area contributed by atoms with E-state index >= 15 is 0 Å². The van der Waals surface area contributed by atoms with Crippen LogP contribution in [-0.4, -0.2) is 21.8 Å². The number of hydrogen-bond acceptors (Lipinski definition) is 3. The topological polar surface area (TPSA) is 66.1 Å². The Bertz CT molecular complexity index is 1460. The number of imide groups is 1. The van der Waals surface area contributed by atoms with Gasteiger partial charge in [0.15, 0.2) is 0 Å². The van der Waals surface area contributed by atoms with E-state index in [2.05, 4.69) is 9.97 Å². The van der Waals surface area contributed by atoms with Gasteiger partial charge in [0, 0.05) is 5.02 Å². The van der Waals surface area contributed by atoms with E-state index in [0.717, 1.165) is 10.5 Å². The molecule has 0 atom stereocenters. The van der Waals surface area contributed by atoms with Gasteiger partial charge in [0.1, 0.15) is 5.82 Å². The molecular formula is C23H10Cl5N3O2. The molecule has 10 heteroatoms. The standard InChI is InChI=1S/C23H10Cl5N3O2/c24-11-4-1-10(2-5-11)3-8-15-29-13-7-6-12(9-14(13)30-15)31-22(32)16-17(23(31)33)19(26)21(28)20(27)18(16)25/h1-9H,(H,29,30). The number of anilines is 1. The van der Waals surface area contributed by atoms with Gasteiger partial charge in [-0.1, -0.05) is 76.2 Å². The molecule has 164 valence electrons. The lowest BCUT2D eigenvalue weighted by molar-refractivity contribution is 0.0926. The molecule has 0 bridgehead atoms. The third-order valence-corrected chi connectivity index (χ3v) is 7.20. The molecule has 2 amide bonds. The highest BCUT2D eigenvalue weighted by Gasteiger charge is 2.42. The average Bonchev–Trinajstić information content (AvgIpc) is 3.32. The third kappa shape index (κ3) is 3.70. The molecular weight excluding hydrogens is 528 g/mol. The highest BCUT2D eigenvalue weighted by atomic mass is 35.5.